The molecular weight excluding hydrogens is 398 g/mol. The van der Waals surface area contributed by atoms with Crippen molar-refractivity contribution in [1.29, 1.82) is 0 Å². The number of anilines is 2. The number of hydrogen-bond donors (Lipinski definition) is 1. The van der Waals surface area contributed by atoms with Crippen LogP contribution in [0.2, 0.25) is 0 Å². The number of non-ortho nitro benzene ring substituents is 1. The van der Waals surface area contributed by atoms with Crippen LogP contribution in [0.3, 0.4) is 0 Å². The number of nitrogens with zero attached hydrogens (tertiary/aromatic N) is 2. The molecule has 0 saturated heterocycles. The Bertz CT molecular complexity index is 963. The maximum atomic E-state index is 12.5. The quantitative estimate of drug-likeness (QED) is 0.333. The van der Waals surface area contributed by atoms with Crippen molar-refractivity contribution in [3.05, 3.63) is 58.6 Å². The minimum Gasteiger partial charge on any atom is -0.455 e. The summed E-state index contributed by atoms with van der Waals surface area (Å²) in [5.74, 6) is -1.44. The fourth-order valence-electron chi connectivity index (χ4n) is 2.68. The van der Waals surface area contributed by atoms with Gasteiger partial charge in [0.1, 0.15) is 11.8 Å². The van der Waals surface area contributed by atoms with Gasteiger partial charge in [0.25, 0.3) is 11.6 Å². The van der Waals surface area contributed by atoms with Crippen LogP contribution < -0.4 is 10.2 Å². The molecule has 150 valence electrons. The average Bonchev–Trinajstić information content (AvgIpc) is 2.71. The van der Waals surface area contributed by atoms with Gasteiger partial charge in [0.15, 0.2) is 6.61 Å². The minimum absolute atomic E-state index is 0.0407. The topological polar surface area (TPSA) is 119 Å². The Kier molecular flexibility index (Phi) is 6.13. The Labute approximate surface area is 170 Å². The van der Waals surface area contributed by atoms with Gasteiger partial charge in [-0.3, -0.25) is 29.4 Å². The molecule has 1 atom stereocenters. The summed E-state index contributed by atoms with van der Waals surface area (Å²) in [6.45, 7) is 0.967. The molecule has 0 aliphatic carbocycles. The molecule has 10 heteroatoms. The summed E-state index contributed by atoms with van der Waals surface area (Å²) in [5.41, 5.74) is 1.02. The van der Waals surface area contributed by atoms with Crippen LogP contribution >= 0.6 is 11.8 Å². The van der Waals surface area contributed by atoms with Crippen LogP contribution in [0.1, 0.15) is 6.92 Å². The van der Waals surface area contributed by atoms with E-state index >= 15 is 0 Å². The summed E-state index contributed by atoms with van der Waals surface area (Å²) in [4.78, 5) is 48.6. The predicted octanol–water partition coefficient (Wildman–Crippen LogP) is 2.60. The summed E-state index contributed by atoms with van der Waals surface area (Å²) in [7, 11) is 0. The van der Waals surface area contributed by atoms with Gasteiger partial charge >= 0.3 is 5.97 Å². The second-order valence-corrected chi connectivity index (χ2v) is 7.58. The first kappa shape index (κ1) is 20.3. The van der Waals surface area contributed by atoms with Crippen molar-refractivity contribution in [3.8, 4) is 0 Å². The molecule has 0 fully saturated rings. The lowest BCUT2D eigenvalue weighted by Gasteiger charge is -2.29. The number of ether oxygens (including phenoxy) is 1. The fourth-order valence-corrected chi connectivity index (χ4v) is 3.55. The van der Waals surface area contributed by atoms with Crippen molar-refractivity contribution in [2.45, 2.75) is 17.1 Å². The molecule has 9 nitrogen and oxygen atoms in total. The third kappa shape index (κ3) is 4.91. The predicted molar refractivity (Wildman–Crippen MR) is 107 cm³/mol. The van der Waals surface area contributed by atoms with Gasteiger partial charge in [0.2, 0.25) is 5.91 Å². The van der Waals surface area contributed by atoms with E-state index < -0.39 is 28.7 Å². The monoisotopic (exact) mass is 415 g/mol. The van der Waals surface area contributed by atoms with Crippen molar-refractivity contribution in [1.82, 2.24) is 0 Å². The molecule has 0 radical (unpaired) electrons. The van der Waals surface area contributed by atoms with Crippen LogP contribution in [-0.4, -0.2) is 41.1 Å². The molecule has 0 aromatic heterocycles. The number of esters is 1. The lowest BCUT2D eigenvalue weighted by Crippen LogP contribution is -2.44. The molecular formula is C19H17N3O6S. The van der Waals surface area contributed by atoms with Crippen LogP contribution in [-0.2, 0) is 19.1 Å². The van der Waals surface area contributed by atoms with Crippen LogP contribution in [0.5, 0.6) is 0 Å². The van der Waals surface area contributed by atoms with Gasteiger partial charge in [-0.15, -0.1) is 11.8 Å². The van der Waals surface area contributed by atoms with Gasteiger partial charge in [0, 0.05) is 17.0 Å². The summed E-state index contributed by atoms with van der Waals surface area (Å²) < 4.78 is 5.11. The Balaban J connectivity index is 1.56. The first-order valence-electron chi connectivity index (χ1n) is 8.62. The van der Waals surface area contributed by atoms with E-state index in [-0.39, 0.29) is 18.1 Å². The van der Waals surface area contributed by atoms with Crippen molar-refractivity contribution in [2.75, 3.05) is 23.4 Å². The standard InChI is InChI=1S/C19H17N3O6S/c1-12(29-14-8-6-13(7-9-14)22(26)27)19(25)28-11-18(24)21-10-17(23)20-15-4-2-3-5-16(15)21/h2-9,12H,10-11H2,1H3,(H,20,23)/t12-/m1/s1. The van der Waals surface area contributed by atoms with Gasteiger partial charge < -0.3 is 10.1 Å². The maximum absolute atomic E-state index is 12.5. The number of nitro groups is 1. The van der Waals surface area contributed by atoms with Gasteiger partial charge in [-0.1, -0.05) is 12.1 Å². The van der Waals surface area contributed by atoms with Crippen LogP contribution in [0, 0.1) is 10.1 Å². The zero-order valence-electron chi connectivity index (χ0n) is 15.4. The average molecular weight is 415 g/mol. The molecule has 2 aromatic rings. The molecule has 1 aliphatic rings. The Hall–Kier alpha value is -3.40. The van der Waals surface area contributed by atoms with E-state index in [4.69, 9.17) is 4.74 Å². The highest BCUT2D eigenvalue weighted by atomic mass is 32.2. The van der Waals surface area contributed by atoms with Crippen molar-refractivity contribution >= 4 is 46.6 Å². The number of thioether (sulfide) groups is 1. The van der Waals surface area contributed by atoms with E-state index in [0.717, 1.165) is 11.8 Å². The third-order valence-electron chi connectivity index (χ3n) is 4.10. The highest BCUT2D eigenvalue weighted by Crippen LogP contribution is 2.29. The van der Waals surface area contributed by atoms with E-state index in [1.807, 2.05) is 0 Å². The zero-order valence-corrected chi connectivity index (χ0v) is 16.2. The maximum Gasteiger partial charge on any atom is 0.319 e. The van der Waals surface area contributed by atoms with Crippen LogP contribution in [0.15, 0.2) is 53.4 Å². The molecule has 0 spiro atoms. The number of nitrogens with one attached hydrogen (secondary N) is 1. The molecule has 3 rings (SSSR count). The van der Waals surface area contributed by atoms with Crippen molar-refractivity contribution in [3.63, 3.8) is 0 Å². The molecule has 0 saturated carbocycles. The van der Waals surface area contributed by atoms with Crippen molar-refractivity contribution < 1.29 is 24.0 Å². The van der Waals surface area contributed by atoms with E-state index in [1.54, 1.807) is 43.3 Å². The molecule has 29 heavy (non-hydrogen) atoms. The molecule has 1 N–H and O–H groups in total. The lowest BCUT2D eigenvalue weighted by atomic mass is 10.2. The molecule has 1 aliphatic heterocycles. The third-order valence-corrected chi connectivity index (χ3v) is 5.19. The van der Waals surface area contributed by atoms with Gasteiger partial charge in [-0.2, -0.15) is 0 Å². The molecule has 2 aromatic carbocycles. The lowest BCUT2D eigenvalue weighted by molar-refractivity contribution is -0.384. The number of nitro benzene ring substituents is 1. The number of rotatable bonds is 6. The Morgan fingerprint density at radius 2 is 1.93 bits per heavy atom. The minimum atomic E-state index is -0.624. The number of carbonyl (C=O) groups is 3. The van der Waals surface area contributed by atoms with Crippen molar-refractivity contribution in [2.24, 2.45) is 0 Å². The van der Waals surface area contributed by atoms with E-state index in [9.17, 15) is 24.5 Å². The zero-order chi connectivity index (χ0) is 21.0. The summed E-state index contributed by atoms with van der Waals surface area (Å²) in [5, 5.41) is 12.7. The second-order valence-electron chi connectivity index (χ2n) is 6.16. The molecule has 1 heterocycles. The van der Waals surface area contributed by atoms with Gasteiger partial charge in [-0.25, -0.2) is 0 Å². The number of benzene rings is 2. The molecule has 2 amide bonds. The number of carbonyl (C=O) groups excluding carboxylic acids is 3. The van der Waals surface area contributed by atoms with E-state index in [0.29, 0.717) is 16.3 Å². The first-order chi connectivity index (χ1) is 13.8. The van der Waals surface area contributed by atoms with Gasteiger partial charge in [0.05, 0.1) is 16.3 Å². The van der Waals surface area contributed by atoms with E-state index in [2.05, 4.69) is 5.32 Å². The summed E-state index contributed by atoms with van der Waals surface area (Å²) in [6, 6.07) is 12.6. The van der Waals surface area contributed by atoms with Gasteiger partial charge in [-0.05, 0) is 31.2 Å². The largest absolute Gasteiger partial charge is 0.455 e. The fraction of sp³-hybridized carbons (Fsp3) is 0.211. The Morgan fingerprint density at radius 3 is 2.62 bits per heavy atom. The number of amides is 2. The number of fused-ring (bicyclic) bond motifs is 1. The van der Waals surface area contributed by atoms with E-state index in [1.165, 1.54) is 17.0 Å². The highest BCUT2D eigenvalue weighted by molar-refractivity contribution is 8.00. The summed E-state index contributed by atoms with van der Waals surface area (Å²) >= 11 is 1.16. The smallest absolute Gasteiger partial charge is 0.319 e. The first-order valence-corrected chi connectivity index (χ1v) is 9.50. The SMILES string of the molecule is C[C@@H](Sc1ccc([N+](=O)[O-])cc1)C(=O)OCC(=O)N1CC(=O)Nc2ccccc21. The summed E-state index contributed by atoms with van der Waals surface area (Å²) in [6.07, 6.45) is 0. The number of para-hydroxylation sites is 2. The number of hydrogen-bond acceptors (Lipinski definition) is 7. The Morgan fingerprint density at radius 1 is 1.24 bits per heavy atom. The van der Waals surface area contributed by atoms with Crippen LogP contribution in [0.4, 0.5) is 17.1 Å². The highest BCUT2D eigenvalue weighted by Gasteiger charge is 2.28. The normalized spacial score (nSPS) is 13.8. The molecule has 0 unspecified atom stereocenters. The molecule has 0 bridgehead atoms. The second kappa shape index (κ2) is 8.74. The van der Waals surface area contributed by atoms with Crippen LogP contribution in [0.25, 0.3) is 0 Å².